The van der Waals surface area contributed by atoms with Gasteiger partial charge in [-0.05, 0) is 0 Å². The number of hydrogen-bond acceptors (Lipinski definition) is 3. The summed E-state index contributed by atoms with van der Waals surface area (Å²) in [6.07, 6.45) is 0. The van der Waals surface area contributed by atoms with Crippen LogP contribution in [0, 0.1) is 0 Å². The fourth-order valence-electron chi connectivity index (χ4n) is 4.41. The predicted octanol–water partition coefficient (Wildman–Crippen LogP) is 5.67. The van der Waals surface area contributed by atoms with E-state index in [2.05, 4.69) is 97.1 Å². The summed E-state index contributed by atoms with van der Waals surface area (Å²) in [5.74, 6) is 1.55. The van der Waals surface area contributed by atoms with E-state index in [4.69, 9.17) is 7.67 Å². The fraction of sp³-hybridized carbons (Fsp3) is 0. The first-order chi connectivity index (χ1) is 20.3. The average Bonchev–Trinajstić information content (AvgIpc) is 3.06. The molecule has 41 heavy (non-hydrogen) atoms. The van der Waals surface area contributed by atoms with Crippen molar-refractivity contribution in [2.24, 2.45) is 0 Å². The van der Waals surface area contributed by atoms with Crippen molar-refractivity contribution >= 4 is 52.4 Å². The summed E-state index contributed by atoms with van der Waals surface area (Å²) in [5.41, 5.74) is 0. The van der Waals surface area contributed by atoms with Gasteiger partial charge in [0.15, 0.2) is 0 Å². The Kier molecular flexibility index (Phi) is 8.74. The SMILES string of the molecule is c1ccc(O[Te](O[Te](Oc2ccccc2)(c2ccccc2)c2ccccc2)(c2ccccc2)c2ccccc2)cc1. The summed E-state index contributed by atoms with van der Waals surface area (Å²) in [4.78, 5) is 0. The van der Waals surface area contributed by atoms with Gasteiger partial charge in [-0.25, -0.2) is 0 Å². The van der Waals surface area contributed by atoms with Gasteiger partial charge in [-0.15, -0.1) is 0 Å². The van der Waals surface area contributed by atoms with Crippen LogP contribution in [0.3, 0.4) is 0 Å². The summed E-state index contributed by atoms with van der Waals surface area (Å²) >= 11 is -8.55. The van der Waals surface area contributed by atoms with Crippen LogP contribution in [0.25, 0.3) is 0 Å². The molecule has 0 saturated carbocycles. The molecule has 0 atom stereocenters. The molecule has 3 nitrogen and oxygen atoms in total. The van der Waals surface area contributed by atoms with Crippen molar-refractivity contribution in [3.63, 3.8) is 0 Å². The van der Waals surface area contributed by atoms with Gasteiger partial charge < -0.3 is 0 Å². The maximum atomic E-state index is 7.91. The molecule has 0 N–H and O–H groups in total. The zero-order valence-corrected chi connectivity index (χ0v) is 27.0. The van der Waals surface area contributed by atoms with Gasteiger partial charge in [-0.2, -0.15) is 0 Å². The first-order valence-corrected chi connectivity index (χ1v) is 21.8. The van der Waals surface area contributed by atoms with Crippen LogP contribution >= 0.6 is 0 Å². The van der Waals surface area contributed by atoms with Crippen molar-refractivity contribution in [2.45, 2.75) is 0 Å². The quantitative estimate of drug-likeness (QED) is 0.168. The van der Waals surface area contributed by atoms with Crippen LogP contribution in [0.5, 0.6) is 11.5 Å². The van der Waals surface area contributed by atoms with E-state index in [9.17, 15) is 0 Å². The molecule has 204 valence electrons. The van der Waals surface area contributed by atoms with Gasteiger partial charge in [-0.1, -0.05) is 0 Å². The van der Waals surface area contributed by atoms with Gasteiger partial charge >= 0.3 is 254 Å². The number of benzene rings is 6. The van der Waals surface area contributed by atoms with E-state index in [1.165, 1.54) is 0 Å². The van der Waals surface area contributed by atoms with E-state index >= 15 is 0 Å². The van der Waals surface area contributed by atoms with E-state index in [-0.39, 0.29) is 0 Å². The topological polar surface area (TPSA) is 27.7 Å². The number of para-hydroxylation sites is 2. The summed E-state index contributed by atoms with van der Waals surface area (Å²) in [5, 5.41) is 0. The molecule has 0 aliphatic carbocycles. The summed E-state index contributed by atoms with van der Waals surface area (Å²) < 4.78 is 26.6. The Labute approximate surface area is 251 Å². The third kappa shape index (κ3) is 6.07. The number of hydrogen-bond donors (Lipinski definition) is 0. The van der Waals surface area contributed by atoms with Crippen molar-refractivity contribution in [1.29, 1.82) is 0 Å². The molecule has 0 aliphatic rings. The third-order valence-corrected chi connectivity index (χ3v) is 27.4. The molecule has 0 aromatic heterocycles. The van der Waals surface area contributed by atoms with E-state index < -0.39 is 38.0 Å². The third-order valence-electron chi connectivity index (χ3n) is 6.32. The molecular weight excluding hydrogens is 736 g/mol. The Morgan fingerprint density at radius 3 is 0.732 bits per heavy atom. The molecule has 6 rings (SSSR count). The second-order valence-corrected chi connectivity index (χ2v) is 24.2. The molecule has 0 radical (unpaired) electrons. The molecule has 5 heteroatoms. The van der Waals surface area contributed by atoms with Crippen LogP contribution in [0.1, 0.15) is 0 Å². The predicted molar refractivity (Wildman–Crippen MR) is 171 cm³/mol. The minimum atomic E-state index is -4.28. The molecular formula is C36H30O3Te2. The first-order valence-electron chi connectivity index (χ1n) is 13.4. The Balaban J connectivity index is 1.66. The van der Waals surface area contributed by atoms with Gasteiger partial charge in [0.2, 0.25) is 0 Å². The Morgan fingerprint density at radius 2 is 0.488 bits per heavy atom. The minimum absolute atomic E-state index is 0.777. The number of rotatable bonds is 10. The average molecular weight is 766 g/mol. The maximum absolute atomic E-state index is 7.91. The molecule has 0 amide bonds. The molecule has 0 fully saturated rings. The monoisotopic (exact) mass is 770 g/mol. The van der Waals surface area contributed by atoms with Crippen LogP contribution in [0.15, 0.2) is 182 Å². The molecule has 0 spiro atoms. The second-order valence-electron chi connectivity index (χ2n) is 9.12. The van der Waals surface area contributed by atoms with Gasteiger partial charge in [0.1, 0.15) is 0 Å². The molecule has 0 unspecified atom stereocenters. The van der Waals surface area contributed by atoms with Crippen molar-refractivity contribution in [3.8, 4) is 11.5 Å². The standard InChI is InChI=1S/C36H30O3Te2/c1-7-19-31(20-8-1)37-40(33-23-11-3-12-24-33,34-25-13-4-14-26-34)39-41(35-27-15-5-16-28-35,36-29-17-6-18-30-36)38-32-21-9-2-10-22-32/h1-30H. The summed E-state index contributed by atoms with van der Waals surface area (Å²) in [6.45, 7) is 0. The normalized spacial score (nSPS) is 12.3. The molecule has 6 aromatic carbocycles. The van der Waals surface area contributed by atoms with Crippen LogP contribution < -0.4 is 20.6 Å². The van der Waals surface area contributed by atoms with Crippen LogP contribution in [0.4, 0.5) is 0 Å². The van der Waals surface area contributed by atoms with Crippen molar-refractivity contribution in [3.05, 3.63) is 182 Å². The van der Waals surface area contributed by atoms with E-state index in [1.807, 2.05) is 84.9 Å². The van der Waals surface area contributed by atoms with E-state index in [1.54, 1.807) is 0 Å². The van der Waals surface area contributed by atoms with Crippen molar-refractivity contribution in [2.75, 3.05) is 0 Å². The Morgan fingerprint density at radius 1 is 0.268 bits per heavy atom. The fourth-order valence-corrected chi connectivity index (χ4v) is 29.2. The van der Waals surface area contributed by atoms with Crippen LogP contribution in [-0.2, 0) is 1.47 Å². The molecule has 6 aromatic rings. The van der Waals surface area contributed by atoms with Crippen LogP contribution in [-0.4, -0.2) is 38.0 Å². The molecule has 0 saturated heterocycles. The van der Waals surface area contributed by atoms with Gasteiger partial charge in [0.05, 0.1) is 0 Å². The Hall–Kier alpha value is -3.54. The summed E-state index contributed by atoms with van der Waals surface area (Å²) in [7, 11) is 0. The summed E-state index contributed by atoms with van der Waals surface area (Å²) in [6, 6.07) is 61.8. The van der Waals surface area contributed by atoms with Gasteiger partial charge in [0, 0.05) is 0 Å². The van der Waals surface area contributed by atoms with Crippen molar-refractivity contribution < 1.29 is 7.67 Å². The van der Waals surface area contributed by atoms with Gasteiger partial charge in [0.25, 0.3) is 0 Å². The van der Waals surface area contributed by atoms with Gasteiger partial charge in [-0.3, -0.25) is 0 Å². The van der Waals surface area contributed by atoms with Crippen molar-refractivity contribution in [1.82, 2.24) is 0 Å². The van der Waals surface area contributed by atoms with Crippen LogP contribution in [0.2, 0.25) is 0 Å². The second kappa shape index (κ2) is 13.0. The zero-order valence-electron chi connectivity index (χ0n) is 22.4. The van der Waals surface area contributed by atoms with E-state index in [0.29, 0.717) is 0 Å². The first kappa shape index (κ1) is 27.6. The Bertz CT molecular complexity index is 1430. The van der Waals surface area contributed by atoms with E-state index in [0.717, 1.165) is 25.9 Å². The molecule has 0 aliphatic heterocycles. The molecule has 0 heterocycles. The molecule has 0 bridgehead atoms. The zero-order chi connectivity index (χ0) is 27.8.